The van der Waals surface area contributed by atoms with Crippen molar-refractivity contribution in [3.8, 4) is 5.75 Å². The van der Waals surface area contributed by atoms with E-state index in [2.05, 4.69) is 12.2 Å². The summed E-state index contributed by atoms with van der Waals surface area (Å²) in [5.41, 5.74) is 2.92. The molecule has 0 aliphatic carbocycles. The highest BCUT2D eigenvalue weighted by molar-refractivity contribution is 7.92. The fourth-order valence-electron chi connectivity index (χ4n) is 3.37. The van der Waals surface area contributed by atoms with Crippen molar-refractivity contribution in [3.63, 3.8) is 0 Å². The Bertz CT molecular complexity index is 927. The fraction of sp³-hybridized carbons (Fsp3) is 0.458. The normalized spacial score (nSPS) is 11.2. The lowest BCUT2D eigenvalue weighted by Gasteiger charge is -2.22. The average Bonchev–Trinajstić information content (AvgIpc) is 2.75. The zero-order valence-corrected chi connectivity index (χ0v) is 19.6. The van der Waals surface area contributed by atoms with Crippen LogP contribution in [0.25, 0.3) is 0 Å². The third kappa shape index (κ3) is 8.25. The second-order valence-corrected chi connectivity index (χ2v) is 9.36. The molecule has 0 unspecified atom stereocenters. The number of hydrogen-bond donors (Lipinski definition) is 1. The third-order valence-corrected chi connectivity index (χ3v) is 6.21. The number of para-hydroxylation sites is 1. The van der Waals surface area contributed by atoms with E-state index in [-0.39, 0.29) is 18.9 Å². The summed E-state index contributed by atoms with van der Waals surface area (Å²) in [7, 11) is -3.41. The summed E-state index contributed by atoms with van der Waals surface area (Å²) in [4.78, 5) is 12.2. The minimum atomic E-state index is -3.41. The molecule has 0 heterocycles. The molecule has 0 saturated heterocycles. The van der Waals surface area contributed by atoms with E-state index in [1.165, 1.54) is 10.6 Å². The Balaban J connectivity index is 1.77. The molecule has 0 radical (unpaired) electrons. The van der Waals surface area contributed by atoms with Gasteiger partial charge in [-0.2, -0.15) is 0 Å². The van der Waals surface area contributed by atoms with Gasteiger partial charge in [0.15, 0.2) is 0 Å². The second-order valence-electron chi connectivity index (χ2n) is 7.45. The molecule has 0 bridgehead atoms. The summed E-state index contributed by atoms with van der Waals surface area (Å²) in [5.74, 6) is 0.831. The lowest BCUT2D eigenvalue weighted by Crippen LogP contribution is -2.32. The predicted octanol–water partition coefficient (Wildman–Crippen LogP) is 3.94. The van der Waals surface area contributed by atoms with E-state index in [0.717, 1.165) is 36.1 Å². The summed E-state index contributed by atoms with van der Waals surface area (Å²) in [5, 5.41) is 2.92. The molecule has 31 heavy (non-hydrogen) atoms. The van der Waals surface area contributed by atoms with Crippen molar-refractivity contribution in [2.24, 2.45) is 0 Å². The molecule has 2 aromatic rings. The highest BCUT2D eigenvalue weighted by Gasteiger charge is 2.17. The minimum Gasteiger partial charge on any atom is -0.494 e. The number of rotatable bonds is 13. The van der Waals surface area contributed by atoms with Crippen LogP contribution in [0.1, 0.15) is 44.2 Å². The van der Waals surface area contributed by atoms with Crippen molar-refractivity contribution >= 4 is 21.6 Å². The molecule has 0 fully saturated rings. The van der Waals surface area contributed by atoms with Crippen molar-refractivity contribution in [2.75, 3.05) is 30.3 Å². The van der Waals surface area contributed by atoms with Gasteiger partial charge >= 0.3 is 0 Å². The van der Waals surface area contributed by atoms with Crippen LogP contribution in [0.15, 0.2) is 48.5 Å². The van der Waals surface area contributed by atoms with Gasteiger partial charge in [-0.15, -0.1) is 0 Å². The zero-order valence-electron chi connectivity index (χ0n) is 18.8. The summed E-state index contributed by atoms with van der Waals surface area (Å²) in [6.45, 7) is 5.50. The highest BCUT2D eigenvalue weighted by atomic mass is 32.2. The molecular weight excluding hydrogens is 412 g/mol. The minimum absolute atomic E-state index is 0.0622. The van der Waals surface area contributed by atoms with Crippen LogP contribution in [0.4, 0.5) is 5.69 Å². The Morgan fingerprint density at radius 3 is 2.39 bits per heavy atom. The number of carbonyl (C=O) groups excluding carboxylic acids is 1. The van der Waals surface area contributed by atoms with Gasteiger partial charge in [0.25, 0.3) is 0 Å². The predicted molar refractivity (Wildman–Crippen MR) is 126 cm³/mol. The van der Waals surface area contributed by atoms with Crippen LogP contribution in [0, 0.1) is 0 Å². The van der Waals surface area contributed by atoms with Crippen molar-refractivity contribution in [2.45, 2.75) is 46.0 Å². The first kappa shape index (κ1) is 24.7. The molecule has 0 aliphatic rings. The lowest BCUT2D eigenvalue weighted by molar-refractivity contribution is -0.121. The molecule has 0 aliphatic heterocycles. The van der Waals surface area contributed by atoms with E-state index in [9.17, 15) is 13.2 Å². The maximum Gasteiger partial charge on any atom is 0.232 e. The van der Waals surface area contributed by atoms with Gasteiger partial charge in [-0.1, -0.05) is 37.3 Å². The van der Waals surface area contributed by atoms with Crippen LogP contribution in [0.3, 0.4) is 0 Å². The maximum atomic E-state index is 12.2. The Morgan fingerprint density at radius 1 is 1.03 bits per heavy atom. The van der Waals surface area contributed by atoms with E-state index >= 15 is 0 Å². The first-order valence-corrected chi connectivity index (χ1v) is 12.7. The number of sulfonamides is 1. The van der Waals surface area contributed by atoms with Gasteiger partial charge < -0.3 is 10.1 Å². The van der Waals surface area contributed by atoms with Gasteiger partial charge in [0.1, 0.15) is 5.75 Å². The number of nitrogens with one attached hydrogen (secondary N) is 1. The smallest absolute Gasteiger partial charge is 0.232 e. The van der Waals surface area contributed by atoms with Gasteiger partial charge in [0, 0.05) is 19.5 Å². The maximum absolute atomic E-state index is 12.2. The number of nitrogens with zero attached hydrogens (tertiary/aromatic N) is 1. The second kappa shape index (κ2) is 12.3. The summed E-state index contributed by atoms with van der Waals surface area (Å²) >= 11 is 0. The summed E-state index contributed by atoms with van der Waals surface area (Å²) in [6.07, 6.45) is 4.48. The summed E-state index contributed by atoms with van der Waals surface area (Å²) < 4.78 is 31.4. The van der Waals surface area contributed by atoms with Crippen molar-refractivity contribution in [1.82, 2.24) is 5.32 Å². The molecule has 0 aromatic heterocycles. The van der Waals surface area contributed by atoms with Gasteiger partial charge in [-0.25, -0.2) is 8.42 Å². The molecular formula is C24H34N2O4S. The van der Waals surface area contributed by atoms with Crippen molar-refractivity contribution in [1.29, 1.82) is 0 Å². The van der Waals surface area contributed by atoms with Gasteiger partial charge in [0.05, 0.1) is 18.6 Å². The molecule has 0 spiro atoms. The van der Waals surface area contributed by atoms with Gasteiger partial charge in [-0.05, 0) is 61.9 Å². The highest BCUT2D eigenvalue weighted by Crippen LogP contribution is 2.20. The van der Waals surface area contributed by atoms with Crippen LogP contribution in [0.2, 0.25) is 0 Å². The van der Waals surface area contributed by atoms with Gasteiger partial charge in [-0.3, -0.25) is 9.10 Å². The van der Waals surface area contributed by atoms with Crippen LogP contribution < -0.4 is 14.4 Å². The Morgan fingerprint density at radius 2 is 1.74 bits per heavy atom. The zero-order chi connectivity index (χ0) is 22.7. The lowest BCUT2D eigenvalue weighted by atomic mass is 10.1. The fourth-order valence-corrected chi connectivity index (χ4v) is 4.33. The third-order valence-electron chi connectivity index (χ3n) is 5.02. The quantitative estimate of drug-likeness (QED) is 0.473. The largest absolute Gasteiger partial charge is 0.494 e. The van der Waals surface area contributed by atoms with Crippen LogP contribution >= 0.6 is 0 Å². The molecule has 2 rings (SSSR count). The van der Waals surface area contributed by atoms with Crippen LogP contribution in [-0.4, -0.2) is 40.3 Å². The van der Waals surface area contributed by atoms with Gasteiger partial charge in [0.2, 0.25) is 15.9 Å². The first-order chi connectivity index (χ1) is 14.8. The average molecular weight is 447 g/mol. The topological polar surface area (TPSA) is 75.7 Å². The molecule has 1 N–H and O–H groups in total. The molecule has 1 amide bonds. The SMILES string of the molecule is CCOc1ccccc1CCCNC(=O)CCCN(c1ccc(CC)cc1)S(C)(=O)=O. The van der Waals surface area contributed by atoms with E-state index < -0.39 is 10.0 Å². The van der Waals surface area contributed by atoms with Crippen molar-refractivity contribution < 1.29 is 17.9 Å². The molecule has 0 saturated carbocycles. The Hall–Kier alpha value is -2.54. The molecule has 2 aromatic carbocycles. The standard InChI is InChI=1S/C24H34N2O4S/c1-4-20-14-16-22(17-15-20)26(31(3,28)29)19-9-13-24(27)25-18-8-11-21-10-6-7-12-23(21)30-5-2/h6-7,10,12,14-17H,4-5,8-9,11,13,18-19H2,1-3H3,(H,25,27). The number of hydrogen-bond acceptors (Lipinski definition) is 4. The molecule has 6 nitrogen and oxygen atoms in total. The number of anilines is 1. The number of benzene rings is 2. The van der Waals surface area contributed by atoms with Crippen molar-refractivity contribution in [3.05, 3.63) is 59.7 Å². The van der Waals surface area contributed by atoms with E-state index in [4.69, 9.17) is 4.74 Å². The molecule has 7 heteroatoms. The number of amides is 1. The molecule has 170 valence electrons. The Labute approximate surface area is 186 Å². The first-order valence-electron chi connectivity index (χ1n) is 10.9. The van der Waals surface area contributed by atoms with Crippen LogP contribution in [0.5, 0.6) is 5.75 Å². The number of aryl methyl sites for hydroxylation is 2. The summed E-state index contributed by atoms with van der Waals surface area (Å²) in [6, 6.07) is 15.4. The van der Waals surface area contributed by atoms with E-state index in [1.54, 1.807) is 0 Å². The van der Waals surface area contributed by atoms with E-state index in [1.807, 2.05) is 55.5 Å². The molecule has 0 atom stereocenters. The monoisotopic (exact) mass is 446 g/mol. The number of ether oxygens (including phenoxy) is 1. The van der Waals surface area contributed by atoms with E-state index in [0.29, 0.717) is 25.3 Å². The number of carbonyl (C=O) groups is 1. The van der Waals surface area contributed by atoms with Crippen LogP contribution in [-0.2, 0) is 27.7 Å². The Kier molecular flexibility index (Phi) is 9.85.